The fraction of sp³-hybridized carbons (Fsp3) is 1.00. The summed E-state index contributed by atoms with van der Waals surface area (Å²) < 4.78 is 5.21. The first-order valence-corrected chi connectivity index (χ1v) is 9.62. The third-order valence-electron chi connectivity index (χ3n) is 6.62. The molecular weight excluding hydrogens is 296 g/mol. The molecule has 2 spiro atoms. The number of hydrogen-bond donors (Lipinski definition) is 0. The third kappa shape index (κ3) is 3.99. The van der Waals surface area contributed by atoms with E-state index in [0.29, 0.717) is 16.5 Å². The zero-order chi connectivity index (χ0) is 16.9. The quantitative estimate of drug-likeness (QED) is 0.650. The number of hydrogen-bond acceptors (Lipinski definition) is 3. The molecule has 0 amide bonds. The van der Waals surface area contributed by atoms with E-state index in [-0.39, 0.29) is 7.43 Å². The van der Waals surface area contributed by atoms with Gasteiger partial charge in [0.25, 0.3) is 0 Å². The summed E-state index contributed by atoms with van der Waals surface area (Å²) >= 11 is 0. The summed E-state index contributed by atoms with van der Waals surface area (Å²) in [6, 6.07) is 0. The molecule has 3 aliphatic heterocycles. The van der Waals surface area contributed by atoms with Gasteiger partial charge in [0.2, 0.25) is 0 Å². The van der Waals surface area contributed by atoms with Gasteiger partial charge in [-0.25, -0.2) is 0 Å². The standard InChI is InChI=1S/C11H21N.C9H17NO.CH4/c1-10(2,3)12-8-7-11(9-12)5-4-6-11;1-8(2,3)10-4-9(5-10)6-11-7-9;/h4-9H2,1-3H3;4-7H2,1-3H3;1H4. The van der Waals surface area contributed by atoms with E-state index in [1.807, 2.05) is 0 Å². The van der Waals surface area contributed by atoms with Crippen LogP contribution in [-0.2, 0) is 4.74 Å². The van der Waals surface area contributed by atoms with Crippen LogP contribution < -0.4 is 0 Å². The maximum absolute atomic E-state index is 5.21. The van der Waals surface area contributed by atoms with Crippen molar-refractivity contribution in [3.63, 3.8) is 0 Å². The third-order valence-corrected chi connectivity index (χ3v) is 6.62. The fourth-order valence-corrected chi connectivity index (χ4v) is 4.40. The molecule has 0 bridgehead atoms. The van der Waals surface area contributed by atoms with Crippen LogP contribution in [0.5, 0.6) is 0 Å². The second kappa shape index (κ2) is 6.55. The first-order valence-electron chi connectivity index (χ1n) is 9.62. The zero-order valence-corrected chi connectivity index (χ0v) is 16.4. The Hall–Kier alpha value is -0.120. The lowest BCUT2D eigenvalue weighted by Gasteiger charge is -2.59. The van der Waals surface area contributed by atoms with Crippen molar-refractivity contribution in [1.82, 2.24) is 9.80 Å². The van der Waals surface area contributed by atoms with Crippen LogP contribution in [-0.4, -0.2) is 60.3 Å². The molecular formula is C21H42N2O. The minimum atomic E-state index is 0. The number of nitrogens with zero attached hydrogens (tertiary/aromatic N) is 2. The van der Waals surface area contributed by atoms with Crippen LogP contribution in [0.25, 0.3) is 0 Å². The Morgan fingerprint density at radius 1 is 0.708 bits per heavy atom. The zero-order valence-electron chi connectivity index (χ0n) is 16.4. The maximum Gasteiger partial charge on any atom is 0.0569 e. The number of rotatable bonds is 0. The first-order chi connectivity index (χ1) is 10.5. The van der Waals surface area contributed by atoms with Crippen LogP contribution in [0.2, 0.25) is 0 Å². The lowest BCUT2D eigenvalue weighted by molar-refractivity contribution is -0.207. The Morgan fingerprint density at radius 2 is 1.21 bits per heavy atom. The van der Waals surface area contributed by atoms with E-state index in [4.69, 9.17) is 4.74 Å². The lowest BCUT2D eigenvalue weighted by atomic mass is 9.68. The van der Waals surface area contributed by atoms with Crippen LogP contribution in [0.3, 0.4) is 0 Å². The molecule has 0 atom stereocenters. The normalized spacial score (nSPS) is 28.2. The van der Waals surface area contributed by atoms with Crippen LogP contribution in [0.4, 0.5) is 0 Å². The van der Waals surface area contributed by atoms with Gasteiger partial charge in [-0.2, -0.15) is 0 Å². The van der Waals surface area contributed by atoms with E-state index in [9.17, 15) is 0 Å². The van der Waals surface area contributed by atoms with Crippen molar-refractivity contribution in [2.24, 2.45) is 10.8 Å². The molecule has 4 aliphatic rings. The van der Waals surface area contributed by atoms with Gasteiger partial charge >= 0.3 is 0 Å². The molecule has 0 N–H and O–H groups in total. The summed E-state index contributed by atoms with van der Waals surface area (Å²) in [6.45, 7) is 21.0. The van der Waals surface area contributed by atoms with E-state index in [2.05, 4.69) is 51.3 Å². The van der Waals surface area contributed by atoms with Gasteiger partial charge in [0.15, 0.2) is 0 Å². The monoisotopic (exact) mass is 338 g/mol. The van der Waals surface area contributed by atoms with E-state index < -0.39 is 0 Å². The van der Waals surface area contributed by atoms with Gasteiger partial charge in [0.1, 0.15) is 0 Å². The second-order valence-electron chi connectivity index (χ2n) is 10.7. The van der Waals surface area contributed by atoms with Crippen molar-refractivity contribution in [2.45, 2.75) is 85.7 Å². The molecule has 1 aliphatic carbocycles. The average molecular weight is 339 g/mol. The van der Waals surface area contributed by atoms with E-state index >= 15 is 0 Å². The summed E-state index contributed by atoms with van der Waals surface area (Å²) in [7, 11) is 0. The molecule has 0 aromatic heterocycles. The number of likely N-dealkylation sites (tertiary alicyclic amines) is 2. The maximum atomic E-state index is 5.21. The molecule has 0 aromatic rings. The second-order valence-corrected chi connectivity index (χ2v) is 10.7. The SMILES string of the molecule is C.CC(C)(C)N1CC2(COC2)C1.CC(C)(C)N1CCC2(CCC2)C1. The Kier molecular flexibility index (Phi) is 5.52. The van der Waals surface area contributed by atoms with Crippen molar-refractivity contribution in [2.75, 3.05) is 39.4 Å². The summed E-state index contributed by atoms with van der Waals surface area (Å²) in [6.07, 6.45) is 5.95. The minimum Gasteiger partial charge on any atom is -0.380 e. The van der Waals surface area contributed by atoms with E-state index in [1.165, 1.54) is 51.9 Å². The van der Waals surface area contributed by atoms with E-state index in [1.54, 1.807) is 0 Å². The Balaban J connectivity index is 0.000000167. The topological polar surface area (TPSA) is 15.7 Å². The molecule has 4 fully saturated rings. The van der Waals surface area contributed by atoms with Gasteiger partial charge in [-0.1, -0.05) is 13.8 Å². The molecule has 3 heteroatoms. The molecule has 24 heavy (non-hydrogen) atoms. The smallest absolute Gasteiger partial charge is 0.0569 e. The lowest BCUT2D eigenvalue weighted by Crippen LogP contribution is -2.69. The predicted octanol–water partition coefficient (Wildman–Crippen LogP) is 4.41. The molecule has 3 heterocycles. The minimum absolute atomic E-state index is 0. The van der Waals surface area contributed by atoms with Gasteiger partial charge in [-0.15, -0.1) is 0 Å². The van der Waals surface area contributed by atoms with Crippen molar-refractivity contribution in [3.8, 4) is 0 Å². The van der Waals surface area contributed by atoms with Gasteiger partial charge in [-0.05, 0) is 72.8 Å². The molecule has 3 nitrogen and oxygen atoms in total. The van der Waals surface area contributed by atoms with Gasteiger partial charge < -0.3 is 4.74 Å². The fourth-order valence-electron chi connectivity index (χ4n) is 4.40. The van der Waals surface area contributed by atoms with Crippen LogP contribution >= 0.6 is 0 Å². The van der Waals surface area contributed by atoms with Crippen molar-refractivity contribution in [1.29, 1.82) is 0 Å². The molecule has 0 unspecified atom stereocenters. The Labute approximate surface area is 151 Å². The average Bonchev–Trinajstić information content (AvgIpc) is 2.67. The van der Waals surface area contributed by atoms with Crippen LogP contribution in [0, 0.1) is 10.8 Å². The molecule has 4 rings (SSSR count). The summed E-state index contributed by atoms with van der Waals surface area (Å²) in [5.74, 6) is 0. The molecule has 0 aromatic carbocycles. The summed E-state index contributed by atoms with van der Waals surface area (Å²) in [5.41, 5.74) is 2.11. The summed E-state index contributed by atoms with van der Waals surface area (Å²) in [4.78, 5) is 5.18. The Bertz CT molecular complexity index is 416. The molecule has 1 saturated carbocycles. The highest BCUT2D eigenvalue weighted by molar-refractivity contribution is 5.03. The predicted molar refractivity (Wildman–Crippen MR) is 104 cm³/mol. The highest BCUT2D eigenvalue weighted by atomic mass is 16.5. The highest BCUT2D eigenvalue weighted by Crippen LogP contribution is 2.49. The number of ether oxygens (including phenoxy) is 1. The van der Waals surface area contributed by atoms with Crippen LogP contribution in [0.15, 0.2) is 0 Å². The van der Waals surface area contributed by atoms with Crippen molar-refractivity contribution < 1.29 is 4.74 Å². The van der Waals surface area contributed by atoms with Gasteiger partial charge in [-0.3, -0.25) is 9.80 Å². The molecule has 142 valence electrons. The van der Waals surface area contributed by atoms with Crippen LogP contribution in [0.1, 0.15) is 74.7 Å². The van der Waals surface area contributed by atoms with E-state index in [0.717, 1.165) is 18.6 Å². The molecule has 0 radical (unpaired) electrons. The van der Waals surface area contributed by atoms with Gasteiger partial charge in [0.05, 0.1) is 13.2 Å². The largest absolute Gasteiger partial charge is 0.380 e. The first kappa shape index (κ1) is 20.2. The van der Waals surface area contributed by atoms with Crippen molar-refractivity contribution in [3.05, 3.63) is 0 Å². The molecule has 3 saturated heterocycles. The summed E-state index contributed by atoms with van der Waals surface area (Å²) in [5, 5.41) is 0. The Morgan fingerprint density at radius 3 is 1.46 bits per heavy atom. The highest BCUT2D eigenvalue weighted by Gasteiger charge is 2.51. The van der Waals surface area contributed by atoms with Crippen molar-refractivity contribution >= 4 is 0 Å². The van der Waals surface area contributed by atoms with Gasteiger partial charge in [0, 0.05) is 36.1 Å².